The number of amides is 1. The Morgan fingerprint density at radius 1 is 1.24 bits per heavy atom. The Bertz CT molecular complexity index is 1060. The van der Waals surface area contributed by atoms with Crippen molar-refractivity contribution >= 4 is 17.3 Å². The van der Waals surface area contributed by atoms with Gasteiger partial charge in [0, 0.05) is 7.05 Å². The predicted octanol–water partition coefficient (Wildman–Crippen LogP) is 3.65. The number of hydrogen-bond donors (Lipinski definition) is 5. The average molecular weight is 454 g/mol. The van der Waals surface area contributed by atoms with Crippen LogP contribution in [0.2, 0.25) is 0 Å². The van der Waals surface area contributed by atoms with Crippen LogP contribution in [0, 0.1) is 6.92 Å². The van der Waals surface area contributed by atoms with Crippen LogP contribution >= 0.6 is 0 Å². The lowest BCUT2D eigenvalue weighted by Gasteiger charge is -2.23. The van der Waals surface area contributed by atoms with E-state index in [1.165, 1.54) is 4.90 Å². The normalized spacial score (nSPS) is 11.4. The summed E-state index contributed by atoms with van der Waals surface area (Å²) in [4.78, 5) is 14.8. The SMILES string of the molecule is C=C(C)c1ccc(C)cc1-c1c(O)cc(CCCCC)c(C(=O)N(C)C/C(=N/N)NN)c1O. The maximum Gasteiger partial charge on any atom is 0.258 e. The zero-order valence-electron chi connectivity index (χ0n) is 19.9. The highest BCUT2D eigenvalue weighted by atomic mass is 16.3. The number of amidine groups is 1. The highest BCUT2D eigenvalue weighted by Gasteiger charge is 2.27. The fourth-order valence-electron chi connectivity index (χ4n) is 3.82. The van der Waals surface area contributed by atoms with Crippen molar-refractivity contribution in [3.05, 3.63) is 53.1 Å². The standard InChI is InChI=1S/C25H35N5O3/c1-6-7-8-9-17-13-20(31)23(19-12-16(4)10-11-18(19)15(2)3)24(32)22(17)25(33)30(5)14-21(28-26)29-27/h10-13,31-32H,2,6-9,14,26-27H2,1,3-5H3,(H,28,29). The number of phenols is 2. The third-order valence-electron chi connectivity index (χ3n) is 5.59. The Kier molecular flexibility index (Phi) is 8.87. The lowest BCUT2D eigenvalue weighted by atomic mass is 9.88. The third kappa shape index (κ3) is 5.84. The molecule has 2 aromatic carbocycles. The van der Waals surface area contributed by atoms with Crippen LogP contribution in [0.3, 0.4) is 0 Å². The summed E-state index contributed by atoms with van der Waals surface area (Å²) in [5.74, 6) is 10.1. The smallest absolute Gasteiger partial charge is 0.258 e. The minimum atomic E-state index is -0.429. The molecule has 0 saturated heterocycles. The molecule has 0 fully saturated rings. The van der Waals surface area contributed by atoms with Gasteiger partial charge in [0.25, 0.3) is 5.91 Å². The monoisotopic (exact) mass is 453 g/mol. The Balaban J connectivity index is 2.73. The summed E-state index contributed by atoms with van der Waals surface area (Å²) in [6.45, 7) is 9.91. The molecular formula is C25H35N5O3. The largest absolute Gasteiger partial charge is 0.507 e. The zero-order valence-corrected chi connectivity index (χ0v) is 19.9. The van der Waals surface area contributed by atoms with Gasteiger partial charge in [0.1, 0.15) is 11.5 Å². The molecule has 0 radical (unpaired) electrons. The first kappa shape index (κ1) is 25.7. The highest BCUT2D eigenvalue weighted by Crippen LogP contribution is 2.45. The summed E-state index contributed by atoms with van der Waals surface area (Å²) in [5.41, 5.74) is 6.40. The van der Waals surface area contributed by atoms with Gasteiger partial charge in [-0.15, -0.1) is 0 Å². The van der Waals surface area contributed by atoms with Crippen molar-refractivity contribution in [2.24, 2.45) is 16.8 Å². The second kappa shape index (κ2) is 11.4. The predicted molar refractivity (Wildman–Crippen MR) is 134 cm³/mol. The van der Waals surface area contributed by atoms with Crippen molar-refractivity contribution in [1.29, 1.82) is 0 Å². The molecule has 8 heteroatoms. The highest BCUT2D eigenvalue weighted by molar-refractivity contribution is 6.04. The maximum atomic E-state index is 13.5. The molecule has 1 amide bonds. The Morgan fingerprint density at radius 3 is 2.52 bits per heavy atom. The molecule has 0 saturated carbocycles. The minimum absolute atomic E-state index is 0.0251. The number of rotatable bonds is 9. The maximum absolute atomic E-state index is 13.5. The zero-order chi connectivity index (χ0) is 24.7. The van der Waals surface area contributed by atoms with E-state index in [9.17, 15) is 15.0 Å². The van der Waals surface area contributed by atoms with Crippen LogP contribution in [0.25, 0.3) is 16.7 Å². The van der Waals surface area contributed by atoms with Crippen LogP contribution in [0.15, 0.2) is 35.9 Å². The molecular weight excluding hydrogens is 418 g/mol. The third-order valence-corrected chi connectivity index (χ3v) is 5.59. The number of benzene rings is 2. The molecule has 0 unspecified atom stereocenters. The summed E-state index contributed by atoms with van der Waals surface area (Å²) in [6.07, 6.45) is 3.33. The molecule has 33 heavy (non-hydrogen) atoms. The lowest BCUT2D eigenvalue weighted by molar-refractivity contribution is 0.0809. The van der Waals surface area contributed by atoms with Gasteiger partial charge in [0.05, 0.1) is 17.7 Å². The molecule has 178 valence electrons. The number of nitrogens with one attached hydrogen (secondary N) is 1. The molecule has 0 heterocycles. The van der Waals surface area contributed by atoms with Gasteiger partial charge >= 0.3 is 0 Å². The average Bonchev–Trinajstić information content (AvgIpc) is 2.76. The summed E-state index contributed by atoms with van der Waals surface area (Å²) < 4.78 is 0. The van der Waals surface area contributed by atoms with E-state index in [-0.39, 0.29) is 35.0 Å². The summed E-state index contributed by atoms with van der Waals surface area (Å²) in [6, 6.07) is 7.28. The van der Waals surface area contributed by atoms with Gasteiger partial charge in [-0.05, 0) is 49.4 Å². The number of hydrazine groups is 1. The Morgan fingerprint density at radius 2 is 1.94 bits per heavy atom. The number of nitrogens with zero attached hydrogens (tertiary/aromatic N) is 2. The molecule has 0 aliphatic heterocycles. The number of nitrogens with two attached hydrogens (primary N) is 2. The number of unbranched alkanes of at least 4 members (excludes halogenated alkanes) is 2. The van der Waals surface area contributed by atoms with Gasteiger partial charge in [-0.1, -0.05) is 55.7 Å². The molecule has 0 spiro atoms. The number of hydrogen-bond acceptors (Lipinski definition) is 6. The quantitative estimate of drug-likeness (QED) is 0.129. The Labute approximate surface area is 195 Å². The van der Waals surface area contributed by atoms with Crippen LogP contribution in [0.4, 0.5) is 0 Å². The van der Waals surface area contributed by atoms with E-state index in [0.717, 1.165) is 36.0 Å². The molecule has 0 atom stereocenters. The van der Waals surface area contributed by atoms with Crippen molar-refractivity contribution in [2.75, 3.05) is 13.6 Å². The first-order valence-corrected chi connectivity index (χ1v) is 11.0. The summed E-state index contributed by atoms with van der Waals surface area (Å²) in [7, 11) is 1.57. The van der Waals surface area contributed by atoms with Crippen molar-refractivity contribution in [2.45, 2.75) is 46.5 Å². The van der Waals surface area contributed by atoms with E-state index in [0.29, 0.717) is 17.5 Å². The van der Waals surface area contributed by atoms with Gasteiger partial charge in [-0.2, -0.15) is 5.10 Å². The van der Waals surface area contributed by atoms with Crippen LogP contribution in [0.5, 0.6) is 11.5 Å². The first-order valence-electron chi connectivity index (χ1n) is 11.0. The lowest BCUT2D eigenvalue weighted by Crippen LogP contribution is -2.42. The fourth-order valence-corrected chi connectivity index (χ4v) is 3.82. The number of hydrazone groups is 1. The van der Waals surface area contributed by atoms with Gasteiger partial charge in [0.2, 0.25) is 0 Å². The molecule has 8 nitrogen and oxygen atoms in total. The van der Waals surface area contributed by atoms with E-state index < -0.39 is 5.91 Å². The number of carbonyl (C=O) groups is 1. The number of aromatic hydroxyl groups is 2. The van der Waals surface area contributed by atoms with Crippen molar-refractivity contribution in [3.8, 4) is 22.6 Å². The van der Waals surface area contributed by atoms with E-state index >= 15 is 0 Å². The van der Waals surface area contributed by atoms with E-state index in [2.05, 4.69) is 24.0 Å². The van der Waals surface area contributed by atoms with E-state index in [1.54, 1.807) is 13.1 Å². The van der Waals surface area contributed by atoms with Crippen LogP contribution in [-0.4, -0.2) is 40.4 Å². The van der Waals surface area contributed by atoms with Crippen molar-refractivity contribution < 1.29 is 15.0 Å². The fraction of sp³-hybridized carbons (Fsp3) is 0.360. The summed E-state index contributed by atoms with van der Waals surface area (Å²) in [5, 5.41) is 25.9. The van der Waals surface area contributed by atoms with Crippen LogP contribution < -0.4 is 17.1 Å². The number of phenolic OH excluding ortho intramolecular Hbond substituents is 2. The molecule has 7 N–H and O–H groups in total. The van der Waals surface area contributed by atoms with E-state index in [1.807, 2.05) is 32.0 Å². The molecule has 2 rings (SSSR count). The van der Waals surface area contributed by atoms with E-state index in [4.69, 9.17) is 11.7 Å². The van der Waals surface area contributed by atoms with Gasteiger partial charge in [-0.25, -0.2) is 5.84 Å². The van der Waals surface area contributed by atoms with Crippen molar-refractivity contribution in [1.82, 2.24) is 10.3 Å². The molecule has 0 aliphatic rings. The van der Waals surface area contributed by atoms with Crippen LogP contribution in [0.1, 0.15) is 60.2 Å². The Hall–Kier alpha value is -3.52. The molecule has 0 aliphatic carbocycles. The second-order valence-corrected chi connectivity index (χ2v) is 8.32. The van der Waals surface area contributed by atoms with Gasteiger partial charge in [-0.3, -0.25) is 4.79 Å². The van der Waals surface area contributed by atoms with Crippen molar-refractivity contribution in [3.63, 3.8) is 0 Å². The number of carbonyl (C=O) groups excluding carboxylic acids is 1. The van der Waals surface area contributed by atoms with Crippen LogP contribution in [-0.2, 0) is 6.42 Å². The molecule has 0 aromatic heterocycles. The topological polar surface area (TPSA) is 137 Å². The minimum Gasteiger partial charge on any atom is -0.507 e. The first-order chi connectivity index (χ1) is 15.7. The number of allylic oxidation sites excluding steroid dienone is 1. The molecule has 0 bridgehead atoms. The second-order valence-electron chi connectivity index (χ2n) is 8.32. The van der Waals surface area contributed by atoms with Gasteiger partial charge in [0.15, 0.2) is 5.84 Å². The van der Waals surface area contributed by atoms with Gasteiger partial charge < -0.3 is 26.4 Å². The number of likely N-dealkylation sites (N-methyl/N-ethyl adjacent to an activating group) is 1. The summed E-state index contributed by atoms with van der Waals surface area (Å²) >= 11 is 0. The number of aryl methyl sites for hydroxylation is 2. The molecule has 2 aromatic rings.